The number of carbonyl (C=O) groups excluding carboxylic acids is 2. The van der Waals surface area contributed by atoms with Gasteiger partial charge in [0, 0.05) is 59.6 Å². The van der Waals surface area contributed by atoms with Crippen molar-refractivity contribution in [3.05, 3.63) is 116 Å². The maximum Gasteiger partial charge on any atom is 0.339 e. The Kier molecular flexibility index (Phi) is 9.66. The molecule has 0 saturated carbocycles. The van der Waals surface area contributed by atoms with Crippen LogP contribution in [-0.2, 0) is 22.7 Å². The maximum atomic E-state index is 13.6. The Morgan fingerprint density at radius 2 is 0.950 bits per heavy atom. The molecule has 0 radical (unpaired) electrons. The third kappa shape index (κ3) is 6.92. The van der Waals surface area contributed by atoms with E-state index in [4.69, 9.17) is 9.47 Å². The molecule has 4 aromatic carbocycles. The molecule has 0 aliphatic carbocycles. The van der Waals surface area contributed by atoms with Gasteiger partial charge in [-0.15, -0.1) is 0 Å². The van der Waals surface area contributed by atoms with Crippen LogP contribution in [-0.4, -0.2) is 40.1 Å². The van der Waals surface area contributed by atoms with Crippen LogP contribution in [0.2, 0.25) is 0 Å². The van der Waals surface area contributed by atoms with Gasteiger partial charge < -0.3 is 19.3 Å². The van der Waals surface area contributed by atoms with Gasteiger partial charge in [0.1, 0.15) is 13.2 Å². The zero-order valence-electron chi connectivity index (χ0n) is 22.8. The Hall–Kier alpha value is -3.62. The molecule has 0 N–H and O–H groups in total. The van der Waals surface area contributed by atoms with E-state index in [1.165, 1.54) is 0 Å². The molecule has 0 atom stereocenters. The Morgan fingerprint density at radius 1 is 0.600 bits per heavy atom. The molecule has 0 bridgehead atoms. The highest BCUT2D eigenvalue weighted by molar-refractivity contribution is 9.11. The van der Waals surface area contributed by atoms with Crippen LogP contribution in [0.1, 0.15) is 31.8 Å². The molecule has 4 rings (SSSR count). The van der Waals surface area contributed by atoms with Gasteiger partial charge in [-0.2, -0.15) is 0 Å². The molecule has 0 spiro atoms. The Bertz CT molecular complexity index is 1390. The summed E-state index contributed by atoms with van der Waals surface area (Å²) in [5.41, 5.74) is 5.07. The van der Waals surface area contributed by atoms with Crippen LogP contribution in [0.15, 0.2) is 93.9 Å². The van der Waals surface area contributed by atoms with Crippen LogP contribution in [0.25, 0.3) is 11.1 Å². The topological polar surface area (TPSA) is 59.1 Å². The second-order valence-corrected chi connectivity index (χ2v) is 11.3. The molecule has 0 aliphatic rings. The summed E-state index contributed by atoms with van der Waals surface area (Å²) in [4.78, 5) is 31.0. The van der Waals surface area contributed by atoms with Crippen LogP contribution < -0.4 is 9.80 Å². The zero-order valence-corrected chi connectivity index (χ0v) is 26.0. The molecule has 0 heterocycles. The van der Waals surface area contributed by atoms with Crippen LogP contribution in [0.4, 0.5) is 11.4 Å². The number of hydrogen-bond acceptors (Lipinski definition) is 6. The molecular weight excluding hydrogens is 636 g/mol. The minimum atomic E-state index is -0.504. The zero-order chi connectivity index (χ0) is 28.8. The molecule has 0 unspecified atom stereocenters. The molecule has 0 fully saturated rings. The number of rotatable bonds is 9. The van der Waals surface area contributed by atoms with Crippen molar-refractivity contribution in [1.82, 2.24) is 0 Å². The summed E-state index contributed by atoms with van der Waals surface area (Å²) < 4.78 is 12.8. The molecule has 0 amide bonds. The van der Waals surface area contributed by atoms with Crippen LogP contribution >= 0.6 is 31.9 Å². The fourth-order valence-electron chi connectivity index (χ4n) is 4.13. The first-order chi connectivity index (χ1) is 19.2. The largest absolute Gasteiger partial charge is 0.457 e. The van der Waals surface area contributed by atoms with E-state index in [0.717, 1.165) is 22.5 Å². The number of hydrogen-bond donors (Lipinski definition) is 0. The normalized spacial score (nSPS) is 10.7. The van der Waals surface area contributed by atoms with Crippen molar-refractivity contribution in [1.29, 1.82) is 0 Å². The van der Waals surface area contributed by atoms with E-state index in [-0.39, 0.29) is 13.2 Å². The number of anilines is 2. The summed E-state index contributed by atoms with van der Waals surface area (Å²) in [6.07, 6.45) is 0. The van der Waals surface area contributed by atoms with E-state index in [1.807, 2.05) is 111 Å². The SMILES string of the molecule is CN(C)c1cc(Br)c(-c2c(Br)cc(N(C)C)cc2C(=O)OCc2ccccc2)c(C(=O)OCc2ccccc2)c1. The smallest absolute Gasteiger partial charge is 0.339 e. The number of esters is 2. The minimum Gasteiger partial charge on any atom is -0.457 e. The maximum absolute atomic E-state index is 13.6. The third-order valence-corrected chi connectivity index (χ3v) is 7.55. The summed E-state index contributed by atoms with van der Waals surface area (Å²) in [5, 5.41) is 0. The molecule has 206 valence electrons. The summed E-state index contributed by atoms with van der Waals surface area (Å²) >= 11 is 7.38. The molecule has 0 aromatic heterocycles. The van der Waals surface area contributed by atoms with Crippen LogP contribution in [0, 0.1) is 0 Å². The summed E-state index contributed by atoms with van der Waals surface area (Å²) in [6.45, 7) is 0.241. The monoisotopic (exact) mass is 664 g/mol. The number of halogens is 2. The van der Waals surface area contributed by atoms with Crippen molar-refractivity contribution in [2.45, 2.75) is 13.2 Å². The van der Waals surface area contributed by atoms with E-state index in [9.17, 15) is 9.59 Å². The highest BCUT2D eigenvalue weighted by Gasteiger charge is 2.27. The first-order valence-corrected chi connectivity index (χ1v) is 14.2. The molecule has 4 aromatic rings. The Labute approximate surface area is 251 Å². The van der Waals surface area contributed by atoms with Gasteiger partial charge in [0.15, 0.2) is 0 Å². The van der Waals surface area contributed by atoms with Crippen molar-refractivity contribution in [2.24, 2.45) is 0 Å². The first kappa shape index (κ1) is 29.4. The average Bonchev–Trinajstić information content (AvgIpc) is 2.95. The molecule has 8 heteroatoms. The summed E-state index contributed by atoms with van der Waals surface area (Å²) in [5.74, 6) is -1.01. The van der Waals surface area contributed by atoms with Crippen LogP contribution in [0.3, 0.4) is 0 Å². The second kappa shape index (κ2) is 13.2. The molecule has 6 nitrogen and oxygen atoms in total. The van der Waals surface area contributed by atoms with E-state index < -0.39 is 11.9 Å². The standard InChI is InChI=1S/C32H30Br2N2O4/c1-35(2)23-15-25(31(37)39-19-21-11-7-5-8-12-21)29(27(33)17-23)30-26(16-24(36(3)4)18-28(30)34)32(38)40-20-22-13-9-6-10-14-22/h5-18H,19-20H2,1-4H3. The van der Waals surface area contributed by atoms with Crippen molar-refractivity contribution in [3.8, 4) is 11.1 Å². The first-order valence-electron chi connectivity index (χ1n) is 12.6. The second-order valence-electron chi connectivity index (χ2n) is 9.61. The van der Waals surface area contributed by atoms with Crippen molar-refractivity contribution in [3.63, 3.8) is 0 Å². The predicted molar refractivity (Wildman–Crippen MR) is 167 cm³/mol. The number of carbonyl (C=O) groups is 2. The lowest BCUT2D eigenvalue weighted by Crippen LogP contribution is -2.15. The molecule has 40 heavy (non-hydrogen) atoms. The van der Waals surface area contributed by atoms with Gasteiger partial charge in [0.25, 0.3) is 0 Å². The lowest BCUT2D eigenvalue weighted by atomic mass is 9.94. The Morgan fingerprint density at radius 3 is 1.27 bits per heavy atom. The van der Waals surface area contributed by atoms with Gasteiger partial charge in [0.05, 0.1) is 11.1 Å². The van der Waals surface area contributed by atoms with Gasteiger partial charge in [-0.1, -0.05) is 92.5 Å². The quantitative estimate of drug-likeness (QED) is 0.171. The van der Waals surface area contributed by atoms with Gasteiger partial charge in [-0.25, -0.2) is 9.59 Å². The predicted octanol–water partition coefficient (Wildman–Crippen LogP) is 7.72. The highest BCUT2D eigenvalue weighted by Crippen LogP contribution is 2.43. The van der Waals surface area contributed by atoms with E-state index >= 15 is 0 Å². The third-order valence-electron chi connectivity index (χ3n) is 6.30. The molecule has 0 saturated heterocycles. The Balaban J connectivity index is 1.83. The van der Waals surface area contributed by atoms with E-state index in [2.05, 4.69) is 31.9 Å². The van der Waals surface area contributed by atoms with Gasteiger partial charge in [-0.05, 0) is 35.4 Å². The van der Waals surface area contributed by atoms with Crippen LogP contribution in [0.5, 0.6) is 0 Å². The minimum absolute atomic E-state index is 0.121. The van der Waals surface area contributed by atoms with Crippen molar-refractivity contribution >= 4 is 55.2 Å². The summed E-state index contributed by atoms with van der Waals surface area (Å²) in [7, 11) is 7.59. The van der Waals surface area contributed by atoms with Gasteiger partial charge in [0.2, 0.25) is 0 Å². The van der Waals surface area contributed by atoms with Gasteiger partial charge in [-0.3, -0.25) is 0 Å². The van der Waals surface area contributed by atoms with Crippen molar-refractivity contribution < 1.29 is 19.1 Å². The molecular formula is C32H30Br2N2O4. The lowest BCUT2D eigenvalue weighted by Gasteiger charge is -2.22. The number of ether oxygens (including phenoxy) is 2. The van der Waals surface area contributed by atoms with Gasteiger partial charge >= 0.3 is 11.9 Å². The number of nitrogens with zero attached hydrogens (tertiary/aromatic N) is 2. The summed E-state index contributed by atoms with van der Waals surface area (Å²) in [6, 6.07) is 26.4. The number of benzene rings is 4. The molecule has 0 aliphatic heterocycles. The van der Waals surface area contributed by atoms with E-state index in [0.29, 0.717) is 31.2 Å². The fraction of sp³-hybridized carbons (Fsp3) is 0.188. The van der Waals surface area contributed by atoms with Crippen molar-refractivity contribution in [2.75, 3.05) is 38.0 Å². The van der Waals surface area contributed by atoms with E-state index in [1.54, 1.807) is 12.1 Å². The fourth-order valence-corrected chi connectivity index (χ4v) is 5.43. The lowest BCUT2D eigenvalue weighted by molar-refractivity contribution is 0.0462. The highest BCUT2D eigenvalue weighted by atomic mass is 79.9. The average molecular weight is 666 g/mol.